The number of hydrogen-bond acceptors (Lipinski definition) is 4. The van der Waals surface area contributed by atoms with E-state index in [1.165, 1.54) is 0 Å². The first kappa shape index (κ1) is 14.4. The van der Waals surface area contributed by atoms with E-state index >= 15 is 0 Å². The van der Waals surface area contributed by atoms with Gasteiger partial charge in [-0.15, -0.1) is 0 Å². The van der Waals surface area contributed by atoms with Crippen LogP contribution in [-0.2, 0) is 9.59 Å². The predicted molar refractivity (Wildman–Crippen MR) is 82.0 cm³/mol. The molecule has 4 rings (SSSR count). The van der Waals surface area contributed by atoms with E-state index in [4.69, 9.17) is 9.47 Å². The Bertz CT molecular complexity index is 689. The molecule has 6 heteroatoms. The summed E-state index contributed by atoms with van der Waals surface area (Å²) in [6.45, 7) is 4.11. The highest BCUT2D eigenvalue weighted by Crippen LogP contribution is 2.46. The van der Waals surface area contributed by atoms with Crippen LogP contribution in [0.3, 0.4) is 0 Å². The third-order valence-corrected chi connectivity index (χ3v) is 5.33. The number of amides is 2. The fourth-order valence-electron chi connectivity index (χ4n) is 3.97. The van der Waals surface area contributed by atoms with Gasteiger partial charge in [0.1, 0.15) is 12.1 Å². The molecule has 2 saturated heterocycles. The van der Waals surface area contributed by atoms with Crippen LogP contribution in [0.5, 0.6) is 11.5 Å². The molecule has 0 N–H and O–H groups in total. The van der Waals surface area contributed by atoms with E-state index in [-0.39, 0.29) is 36.6 Å². The first-order valence-corrected chi connectivity index (χ1v) is 7.97. The highest BCUT2D eigenvalue weighted by molar-refractivity contribution is 5.97. The van der Waals surface area contributed by atoms with Crippen molar-refractivity contribution in [2.24, 2.45) is 5.92 Å². The molecular formula is C17H20N2O4. The molecule has 3 heterocycles. The van der Waals surface area contributed by atoms with Crippen LogP contribution in [0.25, 0.3) is 0 Å². The molecule has 0 aromatic heterocycles. The van der Waals surface area contributed by atoms with Crippen molar-refractivity contribution in [2.45, 2.75) is 38.4 Å². The summed E-state index contributed by atoms with van der Waals surface area (Å²) in [4.78, 5) is 28.7. The van der Waals surface area contributed by atoms with E-state index in [2.05, 4.69) is 6.92 Å². The molecule has 6 nitrogen and oxygen atoms in total. The monoisotopic (exact) mass is 316 g/mol. The average molecular weight is 316 g/mol. The van der Waals surface area contributed by atoms with Crippen LogP contribution >= 0.6 is 0 Å². The summed E-state index contributed by atoms with van der Waals surface area (Å²) in [5.74, 6) is 1.70. The Morgan fingerprint density at radius 2 is 1.83 bits per heavy atom. The number of ether oxygens (including phenoxy) is 2. The Kier molecular flexibility index (Phi) is 3.04. The second-order valence-corrected chi connectivity index (χ2v) is 6.66. The van der Waals surface area contributed by atoms with Gasteiger partial charge in [-0.1, -0.05) is 13.0 Å². The van der Waals surface area contributed by atoms with Crippen molar-refractivity contribution < 1.29 is 19.1 Å². The number of hydrogen-bond donors (Lipinski definition) is 0. The number of nitrogens with zero attached hydrogens (tertiary/aromatic N) is 2. The Labute approximate surface area is 134 Å². The van der Waals surface area contributed by atoms with Crippen LogP contribution in [-0.4, -0.2) is 47.5 Å². The smallest absolute Gasteiger partial charge is 0.246 e. The third kappa shape index (κ3) is 1.93. The van der Waals surface area contributed by atoms with Crippen LogP contribution < -0.4 is 9.47 Å². The highest BCUT2D eigenvalue weighted by Gasteiger charge is 2.52. The van der Waals surface area contributed by atoms with E-state index < -0.39 is 6.04 Å². The van der Waals surface area contributed by atoms with E-state index in [0.29, 0.717) is 12.2 Å². The molecule has 122 valence electrons. The van der Waals surface area contributed by atoms with Gasteiger partial charge in [-0.2, -0.15) is 0 Å². The van der Waals surface area contributed by atoms with Gasteiger partial charge in [-0.25, -0.2) is 0 Å². The van der Waals surface area contributed by atoms with E-state index in [1.807, 2.05) is 18.2 Å². The van der Waals surface area contributed by atoms with Crippen LogP contribution in [0.2, 0.25) is 0 Å². The van der Waals surface area contributed by atoms with E-state index in [1.54, 1.807) is 23.8 Å². The first-order chi connectivity index (χ1) is 11.0. The second-order valence-electron chi connectivity index (χ2n) is 6.66. The zero-order valence-electron chi connectivity index (χ0n) is 13.5. The summed E-state index contributed by atoms with van der Waals surface area (Å²) >= 11 is 0. The van der Waals surface area contributed by atoms with Crippen molar-refractivity contribution >= 4 is 11.8 Å². The van der Waals surface area contributed by atoms with Crippen LogP contribution in [0.4, 0.5) is 0 Å². The topological polar surface area (TPSA) is 59.1 Å². The van der Waals surface area contributed by atoms with Crippen molar-refractivity contribution in [1.82, 2.24) is 9.80 Å². The van der Waals surface area contributed by atoms with Crippen molar-refractivity contribution in [3.8, 4) is 11.5 Å². The molecule has 0 aliphatic carbocycles. The number of rotatable bonds is 1. The average Bonchev–Trinajstić information content (AvgIpc) is 3.14. The molecule has 3 aliphatic heterocycles. The third-order valence-electron chi connectivity index (χ3n) is 5.33. The van der Waals surface area contributed by atoms with E-state index in [9.17, 15) is 9.59 Å². The van der Waals surface area contributed by atoms with Gasteiger partial charge in [0.25, 0.3) is 0 Å². The van der Waals surface area contributed by atoms with Crippen LogP contribution in [0, 0.1) is 5.92 Å². The van der Waals surface area contributed by atoms with E-state index in [0.717, 1.165) is 11.3 Å². The summed E-state index contributed by atoms with van der Waals surface area (Å²) in [5, 5.41) is 0. The zero-order chi connectivity index (χ0) is 16.3. The minimum Gasteiger partial charge on any atom is -0.454 e. The van der Waals surface area contributed by atoms with Crippen molar-refractivity contribution in [3.05, 3.63) is 23.8 Å². The van der Waals surface area contributed by atoms with Gasteiger partial charge < -0.3 is 19.3 Å². The molecule has 0 saturated carbocycles. The Morgan fingerprint density at radius 3 is 2.61 bits per heavy atom. The molecular weight excluding hydrogens is 296 g/mol. The first-order valence-electron chi connectivity index (χ1n) is 7.97. The minimum atomic E-state index is -0.416. The molecule has 2 amide bonds. The van der Waals surface area contributed by atoms with Crippen molar-refractivity contribution in [3.63, 3.8) is 0 Å². The normalized spacial score (nSPS) is 32.5. The summed E-state index contributed by atoms with van der Waals surface area (Å²) in [7, 11) is 1.71. The SMILES string of the molecule is C[C@H]1C[C@@H]2C(=O)N(C)[C@@H](C)C(=O)N2[C@@H]1c1ccc2c(c1)OCO2. The van der Waals surface area contributed by atoms with Gasteiger partial charge in [0.05, 0.1) is 6.04 Å². The lowest BCUT2D eigenvalue weighted by Crippen LogP contribution is -2.60. The van der Waals surface area contributed by atoms with Gasteiger partial charge >= 0.3 is 0 Å². The molecule has 2 fully saturated rings. The van der Waals surface area contributed by atoms with Crippen LogP contribution in [0.15, 0.2) is 18.2 Å². The number of benzene rings is 1. The van der Waals surface area contributed by atoms with Crippen LogP contribution in [0.1, 0.15) is 31.9 Å². The molecule has 0 spiro atoms. The highest BCUT2D eigenvalue weighted by atomic mass is 16.7. The maximum atomic E-state index is 12.8. The maximum Gasteiger partial charge on any atom is 0.246 e. The quantitative estimate of drug-likeness (QED) is 0.789. The Hall–Kier alpha value is -2.24. The summed E-state index contributed by atoms with van der Waals surface area (Å²) in [6.07, 6.45) is 0.695. The summed E-state index contributed by atoms with van der Waals surface area (Å²) in [5.41, 5.74) is 1.00. The second kappa shape index (κ2) is 4.88. The zero-order valence-corrected chi connectivity index (χ0v) is 13.5. The lowest BCUT2D eigenvalue weighted by atomic mass is 9.94. The number of piperazine rings is 1. The molecule has 1 aromatic carbocycles. The number of likely N-dealkylation sites (N-methyl/N-ethyl adjacent to an activating group) is 1. The number of fused-ring (bicyclic) bond motifs is 2. The van der Waals surface area contributed by atoms with Gasteiger partial charge in [0.2, 0.25) is 18.6 Å². The lowest BCUT2D eigenvalue weighted by molar-refractivity contribution is -0.159. The van der Waals surface area contributed by atoms with Gasteiger partial charge in [-0.3, -0.25) is 9.59 Å². The molecule has 3 aliphatic rings. The molecule has 0 bridgehead atoms. The van der Waals surface area contributed by atoms with Crippen molar-refractivity contribution in [2.75, 3.05) is 13.8 Å². The number of carbonyl (C=O) groups excluding carboxylic acids is 2. The van der Waals surface area contributed by atoms with Gasteiger partial charge in [0.15, 0.2) is 11.5 Å². The molecule has 0 radical (unpaired) electrons. The predicted octanol–water partition coefficient (Wildman–Crippen LogP) is 1.55. The van der Waals surface area contributed by atoms with Gasteiger partial charge in [-0.05, 0) is 37.0 Å². The fourth-order valence-corrected chi connectivity index (χ4v) is 3.97. The maximum absolute atomic E-state index is 12.8. The molecule has 0 unspecified atom stereocenters. The largest absolute Gasteiger partial charge is 0.454 e. The lowest BCUT2D eigenvalue weighted by Gasteiger charge is -2.41. The summed E-state index contributed by atoms with van der Waals surface area (Å²) in [6, 6.07) is 4.92. The summed E-state index contributed by atoms with van der Waals surface area (Å²) < 4.78 is 10.8. The fraction of sp³-hybridized carbons (Fsp3) is 0.529. The van der Waals surface area contributed by atoms with Crippen molar-refractivity contribution in [1.29, 1.82) is 0 Å². The number of carbonyl (C=O) groups is 2. The van der Waals surface area contributed by atoms with Gasteiger partial charge in [0, 0.05) is 7.05 Å². The molecule has 1 aromatic rings. The molecule has 4 atom stereocenters. The standard InChI is InChI=1S/C17H20N2O4/c1-9-6-12-17(21)18(3)10(2)16(20)19(12)15(9)11-4-5-13-14(7-11)23-8-22-13/h4-5,7,9-10,12,15H,6,8H2,1-3H3/t9-,10-,12+,15-/m0/s1. The Balaban J connectivity index is 1.74. The minimum absolute atomic E-state index is 0.0177. The molecule has 23 heavy (non-hydrogen) atoms. The Morgan fingerprint density at radius 1 is 1.09 bits per heavy atom.